The minimum Gasteiger partial charge on any atom is -0.201 e. The molecule has 0 aromatic carbocycles. The molecule has 1 nitrogen and oxygen atoms in total. The van der Waals surface area contributed by atoms with Gasteiger partial charge in [-0.15, -0.1) is 0 Å². The van der Waals surface area contributed by atoms with Crippen molar-refractivity contribution in [1.82, 2.24) is 4.37 Å². The van der Waals surface area contributed by atoms with Crippen molar-refractivity contribution in [3.8, 4) is 0 Å². The molecule has 0 bridgehead atoms. The fourth-order valence-corrected chi connectivity index (χ4v) is 2.16. The lowest BCUT2D eigenvalue weighted by Crippen LogP contribution is -1.89. The molecule has 0 fully saturated rings. The largest absolute Gasteiger partial charge is 0.201 e. The normalized spacial score (nSPS) is 13.1. The zero-order chi connectivity index (χ0) is 9.52. The molecule has 1 unspecified atom stereocenters. The Hall–Kier alpha value is -0.370. The van der Waals surface area contributed by atoms with E-state index in [1.54, 1.807) is 11.5 Å². The van der Waals surface area contributed by atoms with Gasteiger partial charge in [0, 0.05) is 11.1 Å². The molecular formula is C11H19NS. The van der Waals surface area contributed by atoms with Crippen LogP contribution in [0.1, 0.15) is 56.7 Å². The molecule has 13 heavy (non-hydrogen) atoms. The van der Waals surface area contributed by atoms with Crippen LogP contribution in [0, 0.1) is 0 Å². The lowest BCUT2D eigenvalue weighted by Gasteiger charge is -2.07. The highest BCUT2D eigenvalue weighted by atomic mass is 32.1. The highest BCUT2D eigenvalue weighted by molar-refractivity contribution is 7.05. The predicted molar refractivity (Wildman–Crippen MR) is 59.3 cm³/mol. The zero-order valence-electron chi connectivity index (χ0n) is 8.62. The Balaban J connectivity index is 2.15. The van der Waals surface area contributed by atoms with E-state index in [2.05, 4.69) is 24.3 Å². The van der Waals surface area contributed by atoms with Gasteiger partial charge in [-0.05, 0) is 29.9 Å². The Morgan fingerprint density at radius 2 is 2.23 bits per heavy atom. The highest BCUT2D eigenvalue weighted by Crippen LogP contribution is 2.24. The van der Waals surface area contributed by atoms with Crippen molar-refractivity contribution >= 4 is 11.5 Å². The van der Waals surface area contributed by atoms with Gasteiger partial charge in [0.25, 0.3) is 0 Å². The van der Waals surface area contributed by atoms with Crippen LogP contribution in [-0.4, -0.2) is 4.37 Å². The molecule has 0 amide bonds. The fraction of sp³-hybridized carbons (Fsp3) is 0.727. The Kier molecular flexibility index (Phi) is 5.06. The molecule has 0 saturated heterocycles. The molecule has 0 spiro atoms. The number of nitrogens with zero attached hydrogens (tertiary/aromatic N) is 1. The summed E-state index contributed by atoms with van der Waals surface area (Å²) in [7, 11) is 0. The van der Waals surface area contributed by atoms with Gasteiger partial charge in [-0.3, -0.25) is 0 Å². The maximum Gasteiger partial charge on any atom is 0.0409 e. The summed E-state index contributed by atoms with van der Waals surface area (Å²) in [5.41, 5.74) is 0. The third kappa shape index (κ3) is 3.90. The molecule has 2 heteroatoms. The van der Waals surface area contributed by atoms with Crippen LogP contribution in [0.25, 0.3) is 0 Å². The van der Waals surface area contributed by atoms with Crippen LogP contribution < -0.4 is 0 Å². The third-order valence-electron chi connectivity index (χ3n) is 2.43. The molecule has 0 aliphatic carbocycles. The SMILES string of the molecule is CCCCCCC(C)c1ccns1. The van der Waals surface area contributed by atoms with Gasteiger partial charge in [0.2, 0.25) is 0 Å². The van der Waals surface area contributed by atoms with Gasteiger partial charge < -0.3 is 0 Å². The summed E-state index contributed by atoms with van der Waals surface area (Å²) in [5.74, 6) is 0.712. The number of unbranched alkanes of at least 4 members (excludes halogenated alkanes) is 3. The minimum atomic E-state index is 0.712. The van der Waals surface area contributed by atoms with E-state index >= 15 is 0 Å². The molecular weight excluding hydrogens is 178 g/mol. The third-order valence-corrected chi connectivity index (χ3v) is 3.41. The maximum atomic E-state index is 4.13. The molecule has 1 atom stereocenters. The van der Waals surface area contributed by atoms with Gasteiger partial charge in [-0.1, -0.05) is 39.5 Å². The quantitative estimate of drug-likeness (QED) is 0.622. The van der Waals surface area contributed by atoms with Crippen LogP contribution in [0.4, 0.5) is 0 Å². The van der Waals surface area contributed by atoms with Gasteiger partial charge in [-0.25, -0.2) is 4.37 Å². The smallest absolute Gasteiger partial charge is 0.0409 e. The first-order chi connectivity index (χ1) is 6.34. The Morgan fingerprint density at radius 1 is 1.38 bits per heavy atom. The number of hydrogen-bond donors (Lipinski definition) is 0. The maximum absolute atomic E-state index is 4.13. The van der Waals surface area contributed by atoms with Crippen LogP contribution in [0.2, 0.25) is 0 Å². The summed E-state index contributed by atoms with van der Waals surface area (Å²) < 4.78 is 4.13. The second kappa shape index (κ2) is 6.14. The second-order valence-corrected chi connectivity index (χ2v) is 4.53. The van der Waals surface area contributed by atoms with Crippen molar-refractivity contribution in [2.45, 2.75) is 51.9 Å². The number of hydrogen-bond acceptors (Lipinski definition) is 2. The van der Waals surface area contributed by atoms with Crippen molar-refractivity contribution in [1.29, 1.82) is 0 Å². The monoisotopic (exact) mass is 197 g/mol. The summed E-state index contributed by atoms with van der Waals surface area (Å²) in [6, 6.07) is 2.15. The average Bonchev–Trinajstić information content (AvgIpc) is 2.65. The first-order valence-electron chi connectivity index (χ1n) is 5.25. The molecule has 0 aliphatic rings. The molecule has 0 radical (unpaired) electrons. The standard InChI is InChI=1S/C11H19NS/c1-3-4-5-6-7-10(2)11-8-9-12-13-11/h8-10H,3-7H2,1-2H3. The molecule has 74 valence electrons. The van der Waals surface area contributed by atoms with Crippen molar-refractivity contribution in [3.63, 3.8) is 0 Å². The molecule has 1 heterocycles. The van der Waals surface area contributed by atoms with Crippen LogP contribution in [0.5, 0.6) is 0 Å². The molecule has 1 rings (SSSR count). The van der Waals surface area contributed by atoms with Gasteiger partial charge >= 0.3 is 0 Å². The lowest BCUT2D eigenvalue weighted by atomic mass is 10.0. The fourth-order valence-electron chi connectivity index (χ4n) is 1.50. The number of aromatic nitrogens is 1. The summed E-state index contributed by atoms with van der Waals surface area (Å²) >= 11 is 1.64. The zero-order valence-corrected chi connectivity index (χ0v) is 9.44. The van der Waals surface area contributed by atoms with Gasteiger partial charge in [0.1, 0.15) is 0 Å². The lowest BCUT2D eigenvalue weighted by molar-refractivity contribution is 0.584. The summed E-state index contributed by atoms with van der Waals surface area (Å²) in [6.45, 7) is 4.56. The first-order valence-corrected chi connectivity index (χ1v) is 6.02. The van der Waals surface area contributed by atoms with Crippen LogP contribution >= 0.6 is 11.5 Å². The molecule has 1 aromatic rings. The van der Waals surface area contributed by atoms with E-state index in [0.29, 0.717) is 5.92 Å². The van der Waals surface area contributed by atoms with E-state index in [9.17, 15) is 0 Å². The van der Waals surface area contributed by atoms with Crippen LogP contribution in [0.15, 0.2) is 12.3 Å². The topological polar surface area (TPSA) is 12.9 Å². The van der Waals surface area contributed by atoms with Gasteiger partial charge in [0.15, 0.2) is 0 Å². The van der Waals surface area contributed by atoms with E-state index in [1.165, 1.54) is 37.0 Å². The Labute approximate surface area is 85.4 Å². The van der Waals surface area contributed by atoms with Crippen molar-refractivity contribution in [2.24, 2.45) is 0 Å². The van der Waals surface area contributed by atoms with E-state index in [0.717, 1.165) is 0 Å². The van der Waals surface area contributed by atoms with E-state index in [1.807, 2.05) is 6.20 Å². The average molecular weight is 197 g/mol. The van der Waals surface area contributed by atoms with Crippen molar-refractivity contribution < 1.29 is 0 Å². The van der Waals surface area contributed by atoms with E-state index in [4.69, 9.17) is 0 Å². The number of rotatable bonds is 6. The molecule has 0 saturated carbocycles. The predicted octanol–water partition coefficient (Wildman–Crippen LogP) is 4.22. The molecule has 0 aliphatic heterocycles. The Morgan fingerprint density at radius 3 is 2.85 bits per heavy atom. The minimum absolute atomic E-state index is 0.712. The molecule has 0 N–H and O–H groups in total. The first kappa shape index (κ1) is 10.7. The summed E-state index contributed by atoms with van der Waals surface area (Å²) in [5, 5.41) is 0. The van der Waals surface area contributed by atoms with E-state index < -0.39 is 0 Å². The summed E-state index contributed by atoms with van der Waals surface area (Å²) in [6.07, 6.45) is 8.70. The Bertz CT molecular complexity index is 206. The van der Waals surface area contributed by atoms with Gasteiger partial charge in [0.05, 0.1) is 0 Å². The van der Waals surface area contributed by atoms with Crippen molar-refractivity contribution in [2.75, 3.05) is 0 Å². The van der Waals surface area contributed by atoms with Gasteiger partial charge in [-0.2, -0.15) is 0 Å². The summed E-state index contributed by atoms with van der Waals surface area (Å²) in [4.78, 5) is 1.44. The van der Waals surface area contributed by atoms with Crippen molar-refractivity contribution in [3.05, 3.63) is 17.1 Å². The van der Waals surface area contributed by atoms with Crippen LogP contribution in [-0.2, 0) is 0 Å². The van der Waals surface area contributed by atoms with E-state index in [-0.39, 0.29) is 0 Å². The second-order valence-electron chi connectivity index (χ2n) is 3.67. The van der Waals surface area contributed by atoms with Crippen LogP contribution in [0.3, 0.4) is 0 Å². The molecule has 1 aromatic heterocycles. The highest BCUT2D eigenvalue weighted by Gasteiger charge is 2.05.